The third-order valence-corrected chi connectivity index (χ3v) is 3.84. The van der Waals surface area contributed by atoms with Crippen LogP contribution in [0.5, 0.6) is 0 Å². The molecule has 0 saturated carbocycles. The van der Waals surface area contributed by atoms with Crippen molar-refractivity contribution in [1.29, 1.82) is 0 Å². The van der Waals surface area contributed by atoms with Crippen LogP contribution in [0.2, 0.25) is 0 Å². The van der Waals surface area contributed by atoms with Crippen molar-refractivity contribution in [2.24, 2.45) is 7.05 Å². The molecule has 1 aliphatic rings. The third kappa shape index (κ3) is 3.48. The lowest BCUT2D eigenvalue weighted by Crippen LogP contribution is -2.45. The fraction of sp³-hybridized carbons (Fsp3) is 0.625. The molecule has 1 unspecified atom stereocenters. The Morgan fingerprint density at radius 1 is 1.42 bits per heavy atom. The summed E-state index contributed by atoms with van der Waals surface area (Å²) in [6, 6.07) is 0. The minimum absolute atomic E-state index is 0.330. The van der Waals surface area contributed by atoms with Crippen LogP contribution in [0, 0.1) is 0 Å². The van der Waals surface area contributed by atoms with E-state index >= 15 is 0 Å². The molecule has 0 amide bonds. The second-order valence-electron chi connectivity index (χ2n) is 7.15. The summed E-state index contributed by atoms with van der Waals surface area (Å²) in [6.45, 7) is 6.11. The average molecular weight is 333 g/mol. The molecule has 1 aliphatic heterocycles. The molecule has 1 fully saturated rings. The summed E-state index contributed by atoms with van der Waals surface area (Å²) in [5.74, 6) is -0.330. The molecule has 8 heteroatoms. The predicted molar refractivity (Wildman–Crippen MR) is 85.6 cm³/mol. The number of hydrogen-bond acceptors (Lipinski definition) is 6. The molecule has 0 bridgehead atoms. The highest BCUT2D eigenvalue weighted by Gasteiger charge is 2.46. The van der Waals surface area contributed by atoms with Gasteiger partial charge in [-0.05, 0) is 33.6 Å². The van der Waals surface area contributed by atoms with Crippen molar-refractivity contribution in [2.45, 2.75) is 51.2 Å². The zero-order valence-corrected chi connectivity index (χ0v) is 14.5. The Labute approximate surface area is 140 Å². The largest absolute Gasteiger partial charge is 0.458 e. The monoisotopic (exact) mass is 333 g/mol. The minimum Gasteiger partial charge on any atom is -0.458 e. The van der Waals surface area contributed by atoms with Crippen LogP contribution in [0.15, 0.2) is 18.6 Å². The maximum Gasteiger partial charge on any atom is 0.339 e. The fourth-order valence-electron chi connectivity index (χ4n) is 2.77. The van der Waals surface area contributed by atoms with Crippen LogP contribution in [0.25, 0.3) is 5.69 Å². The average Bonchev–Trinajstić information content (AvgIpc) is 3.18. The molecule has 1 atom stereocenters. The van der Waals surface area contributed by atoms with E-state index in [4.69, 9.17) is 9.47 Å². The molecule has 130 valence electrons. The van der Waals surface area contributed by atoms with E-state index < -0.39 is 11.2 Å². The van der Waals surface area contributed by atoms with E-state index in [1.165, 1.54) is 0 Å². The van der Waals surface area contributed by atoms with Gasteiger partial charge < -0.3 is 9.47 Å². The molecule has 2 aromatic heterocycles. The molecule has 0 N–H and O–H groups in total. The van der Waals surface area contributed by atoms with Crippen molar-refractivity contribution in [3.63, 3.8) is 0 Å². The van der Waals surface area contributed by atoms with E-state index in [1.807, 2.05) is 34.0 Å². The summed E-state index contributed by atoms with van der Waals surface area (Å²) in [7, 11) is 1.84. The van der Waals surface area contributed by atoms with Crippen LogP contribution >= 0.6 is 0 Å². The first kappa shape index (κ1) is 16.6. The zero-order valence-electron chi connectivity index (χ0n) is 14.5. The molecule has 0 spiro atoms. The molecule has 3 rings (SSSR count). The SMILES string of the molecule is Cn1cc(-n2cc(CC3(C(=O)OC(C)(C)C)CCCO3)nn2)cn1. The van der Waals surface area contributed by atoms with E-state index in [2.05, 4.69) is 15.4 Å². The van der Waals surface area contributed by atoms with Gasteiger partial charge in [0, 0.05) is 20.1 Å². The molecule has 3 heterocycles. The first-order valence-corrected chi connectivity index (χ1v) is 8.05. The summed E-state index contributed by atoms with van der Waals surface area (Å²) >= 11 is 0. The van der Waals surface area contributed by atoms with Gasteiger partial charge in [0.2, 0.25) is 0 Å². The van der Waals surface area contributed by atoms with Crippen molar-refractivity contribution < 1.29 is 14.3 Å². The van der Waals surface area contributed by atoms with Gasteiger partial charge in [0.05, 0.1) is 24.3 Å². The van der Waals surface area contributed by atoms with Crippen molar-refractivity contribution in [1.82, 2.24) is 24.8 Å². The van der Waals surface area contributed by atoms with Crippen LogP contribution in [0.4, 0.5) is 0 Å². The fourth-order valence-corrected chi connectivity index (χ4v) is 2.77. The number of hydrogen-bond donors (Lipinski definition) is 0. The number of carbonyl (C=O) groups is 1. The number of carbonyl (C=O) groups excluding carboxylic acids is 1. The minimum atomic E-state index is -0.969. The van der Waals surface area contributed by atoms with Gasteiger partial charge in [0.25, 0.3) is 0 Å². The lowest BCUT2D eigenvalue weighted by Gasteiger charge is -2.29. The molecule has 8 nitrogen and oxygen atoms in total. The van der Waals surface area contributed by atoms with Crippen molar-refractivity contribution >= 4 is 5.97 Å². The molecule has 1 saturated heterocycles. The molecular formula is C16H23N5O3. The van der Waals surface area contributed by atoms with Crippen molar-refractivity contribution in [3.8, 4) is 5.69 Å². The number of aryl methyl sites for hydroxylation is 1. The lowest BCUT2D eigenvalue weighted by atomic mass is 9.94. The van der Waals surface area contributed by atoms with Gasteiger partial charge in [-0.1, -0.05) is 5.21 Å². The standard InChI is InChI=1S/C16H23N5O3/c1-15(2,3)24-14(22)16(6-5-7-23-16)8-12-10-21(19-18-12)13-9-17-20(4)11-13/h9-11H,5-8H2,1-4H3. The van der Waals surface area contributed by atoms with Crippen LogP contribution in [-0.2, 0) is 27.7 Å². The lowest BCUT2D eigenvalue weighted by molar-refractivity contribution is -0.178. The maximum atomic E-state index is 12.7. The van der Waals surface area contributed by atoms with E-state index in [-0.39, 0.29) is 5.97 Å². The van der Waals surface area contributed by atoms with Gasteiger partial charge in [-0.25, -0.2) is 9.48 Å². The van der Waals surface area contributed by atoms with Gasteiger partial charge in [0.1, 0.15) is 11.3 Å². The summed E-state index contributed by atoms with van der Waals surface area (Å²) in [5, 5.41) is 12.4. The second-order valence-corrected chi connectivity index (χ2v) is 7.15. The molecule has 2 aromatic rings. The van der Waals surface area contributed by atoms with Gasteiger partial charge in [0.15, 0.2) is 5.60 Å². The number of aromatic nitrogens is 5. The smallest absolute Gasteiger partial charge is 0.339 e. The second kappa shape index (κ2) is 6.01. The van der Waals surface area contributed by atoms with Crippen molar-refractivity contribution in [2.75, 3.05) is 6.61 Å². The third-order valence-electron chi connectivity index (χ3n) is 3.84. The normalized spacial score (nSPS) is 21.2. The van der Waals surface area contributed by atoms with E-state index in [0.29, 0.717) is 25.1 Å². The molecule has 0 aromatic carbocycles. The first-order valence-electron chi connectivity index (χ1n) is 8.05. The Kier molecular flexibility index (Phi) is 4.16. The number of esters is 1. The Hall–Kier alpha value is -2.22. The maximum absolute atomic E-state index is 12.7. The highest BCUT2D eigenvalue weighted by atomic mass is 16.6. The van der Waals surface area contributed by atoms with Crippen LogP contribution < -0.4 is 0 Å². The molecule has 0 aliphatic carbocycles. The Morgan fingerprint density at radius 3 is 2.79 bits per heavy atom. The number of rotatable bonds is 4. The summed E-state index contributed by atoms with van der Waals surface area (Å²) in [5.41, 5.74) is -0.0200. The first-order chi connectivity index (χ1) is 11.3. The Balaban J connectivity index is 1.79. The van der Waals surface area contributed by atoms with Crippen molar-refractivity contribution in [3.05, 3.63) is 24.3 Å². The van der Waals surface area contributed by atoms with Crippen LogP contribution in [-0.4, -0.2) is 48.6 Å². The van der Waals surface area contributed by atoms with Gasteiger partial charge in [-0.2, -0.15) is 5.10 Å². The molecule has 0 radical (unpaired) electrons. The predicted octanol–water partition coefficient (Wildman–Crippen LogP) is 1.43. The number of nitrogens with zero attached hydrogens (tertiary/aromatic N) is 5. The summed E-state index contributed by atoms with van der Waals surface area (Å²) in [4.78, 5) is 12.7. The zero-order chi connectivity index (χ0) is 17.4. The Bertz CT molecular complexity index is 722. The summed E-state index contributed by atoms with van der Waals surface area (Å²) in [6.07, 6.45) is 7.15. The van der Waals surface area contributed by atoms with Gasteiger partial charge >= 0.3 is 5.97 Å². The number of ether oxygens (including phenoxy) is 2. The topological polar surface area (TPSA) is 84.1 Å². The Morgan fingerprint density at radius 2 is 2.21 bits per heavy atom. The van der Waals surface area contributed by atoms with Crippen LogP contribution in [0.1, 0.15) is 39.3 Å². The molecule has 24 heavy (non-hydrogen) atoms. The van der Waals surface area contributed by atoms with E-state index in [9.17, 15) is 4.79 Å². The molecular weight excluding hydrogens is 310 g/mol. The van der Waals surface area contributed by atoms with Gasteiger partial charge in [-0.3, -0.25) is 4.68 Å². The summed E-state index contributed by atoms with van der Waals surface area (Å²) < 4.78 is 14.7. The van der Waals surface area contributed by atoms with Crippen LogP contribution in [0.3, 0.4) is 0 Å². The quantitative estimate of drug-likeness (QED) is 0.787. The van der Waals surface area contributed by atoms with Gasteiger partial charge in [-0.15, -0.1) is 5.10 Å². The van der Waals surface area contributed by atoms with E-state index in [0.717, 1.165) is 12.1 Å². The highest BCUT2D eigenvalue weighted by molar-refractivity contribution is 5.80. The highest BCUT2D eigenvalue weighted by Crippen LogP contribution is 2.32. The van der Waals surface area contributed by atoms with E-state index in [1.54, 1.807) is 21.8 Å².